The predicted octanol–water partition coefficient (Wildman–Crippen LogP) is -0.415. The molecule has 0 radical (unpaired) electrons. The number of carbonyl (C=O) groups is 2. The van der Waals surface area contributed by atoms with Crippen molar-refractivity contribution in [1.82, 2.24) is 0 Å². The highest BCUT2D eigenvalue weighted by atomic mass is 16.7. The standard InChI is InChI=1S/C8H12N2O4/c1-4-6(10-14-8(4)13)5(2-3-9)7(11)12/h4-5H,2-3,9H2,1H3,(H,11,12). The Labute approximate surface area is 80.7 Å². The Balaban J connectivity index is 2.79. The Kier molecular flexibility index (Phi) is 3.19. The summed E-state index contributed by atoms with van der Waals surface area (Å²) >= 11 is 0. The number of carbonyl (C=O) groups excluding carboxylic acids is 1. The lowest BCUT2D eigenvalue weighted by atomic mass is 9.91. The molecule has 0 saturated carbocycles. The van der Waals surface area contributed by atoms with Gasteiger partial charge in [-0.05, 0) is 19.9 Å². The summed E-state index contributed by atoms with van der Waals surface area (Å²) in [4.78, 5) is 26.2. The second-order valence-electron chi connectivity index (χ2n) is 3.12. The molecule has 0 aromatic heterocycles. The minimum atomic E-state index is -1.03. The van der Waals surface area contributed by atoms with Crippen LogP contribution in [-0.4, -0.2) is 29.3 Å². The third-order valence-corrected chi connectivity index (χ3v) is 2.15. The molecule has 6 nitrogen and oxygen atoms in total. The van der Waals surface area contributed by atoms with Crippen LogP contribution in [0.2, 0.25) is 0 Å². The van der Waals surface area contributed by atoms with Crippen LogP contribution in [0.5, 0.6) is 0 Å². The minimum absolute atomic E-state index is 0.233. The largest absolute Gasteiger partial charge is 0.481 e. The fourth-order valence-corrected chi connectivity index (χ4v) is 1.31. The van der Waals surface area contributed by atoms with Gasteiger partial charge in [-0.3, -0.25) is 4.79 Å². The van der Waals surface area contributed by atoms with Gasteiger partial charge in [0, 0.05) is 0 Å². The molecule has 0 saturated heterocycles. The van der Waals surface area contributed by atoms with E-state index in [0.717, 1.165) is 0 Å². The lowest BCUT2D eigenvalue weighted by molar-refractivity contribution is -0.143. The second-order valence-corrected chi connectivity index (χ2v) is 3.12. The first-order valence-electron chi connectivity index (χ1n) is 4.29. The fourth-order valence-electron chi connectivity index (χ4n) is 1.31. The summed E-state index contributed by atoms with van der Waals surface area (Å²) in [5.41, 5.74) is 5.53. The fraction of sp³-hybridized carbons (Fsp3) is 0.625. The zero-order chi connectivity index (χ0) is 10.7. The highest BCUT2D eigenvalue weighted by molar-refractivity contribution is 6.12. The maximum Gasteiger partial charge on any atom is 0.343 e. The summed E-state index contributed by atoms with van der Waals surface area (Å²) in [5.74, 6) is -2.94. The van der Waals surface area contributed by atoms with E-state index in [2.05, 4.69) is 9.99 Å². The Morgan fingerprint density at radius 2 is 2.43 bits per heavy atom. The summed E-state index contributed by atoms with van der Waals surface area (Å²) in [6.07, 6.45) is 0.259. The van der Waals surface area contributed by atoms with Crippen molar-refractivity contribution in [1.29, 1.82) is 0 Å². The first-order chi connectivity index (χ1) is 6.57. The maximum atomic E-state index is 11.0. The number of aliphatic carboxylic acids is 1. The van der Waals surface area contributed by atoms with Gasteiger partial charge in [0.05, 0.1) is 11.6 Å². The Morgan fingerprint density at radius 3 is 2.79 bits per heavy atom. The van der Waals surface area contributed by atoms with Crippen LogP contribution >= 0.6 is 0 Å². The van der Waals surface area contributed by atoms with E-state index >= 15 is 0 Å². The lowest BCUT2D eigenvalue weighted by Crippen LogP contribution is -2.30. The van der Waals surface area contributed by atoms with Gasteiger partial charge in [0.15, 0.2) is 0 Å². The Bertz CT molecular complexity index is 287. The van der Waals surface area contributed by atoms with Gasteiger partial charge < -0.3 is 15.7 Å². The normalized spacial score (nSPS) is 22.9. The van der Waals surface area contributed by atoms with Gasteiger partial charge in [-0.25, -0.2) is 4.79 Å². The number of hydrogen-bond donors (Lipinski definition) is 2. The molecule has 1 heterocycles. The number of nitrogens with zero attached hydrogens (tertiary/aromatic N) is 1. The molecular formula is C8H12N2O4. The van der Waals surface area contributed by atoms with Crippen LogP contribution < -0.4 is 5.73 Å². The third-order valence-electron chi connectivity index (χ3n) is 2.15. The zero-order valence-electron chi connectivity index (χ0n) is 7.77. The van der Waals surface area contributed by atoms with Crippen molar-refractivity contribution in [3.8, 4) is 0 Å². The number of nitrogens with two attached hydrogens (primary N) is 1. The van der Waals surface area contributed by atoms with Crippen molar-refractivity contribution in [2.75, 3.05) is 6.54 Å². The smallest absolute Gasteiger partial charge is 0.343 e. The van der Waals surface area contributed by atoms with Crippen LogP contribution in [0.4, 0.5) is 0 Å². The average Bonchev–Trinajstić information content (AvgIpc) is 2.44. The molecule has 0 aromatic carbocycles. The summed E-state index contributed by atoms with van der Waals surface area (Å²) in [6.45, 7) is 1.80. The summed E-state index contributed by atoms with van der Waals surface area (Å²) in [7, 11) is 0. The summed E-state index contributed by atoms with van der Waals surface area (Å²) < 4.78 is 0. The lowest BCUT2D eigenvalue weighted by Gasteiger charge is -2.11. The van der Waals surface area contributed by atoms with Gasteiger partial charge in [-0.15, -0.1) is 0 Å². The van der Waals surface area contributed by atoms with E-state index in [9.17, 15) is 9.59 Å². The molecular weight excluding hydrogens is 188 g/mol. The third kappa shape index (κ3) is 1.90. The van der Waals surface area contributed by atoms with Gasteiger partial charge in [0.1, 0.15) is 5.92 Å². The second kappa shape index (κ2) is 4.19. The van der Waals surface area contributed by atoms with E-state index in [1.165, 1.54) is 0 Å². The molecule has 78 valence electrons. The molecule has 2 atom stereocenters. The molecule has 14 heavy (non-hydrogen) atoms. The Morgan fingerprint density at radius 1 is 1.79 bits per heavy atom. The average molecular weight is 200 g/mol. The highest BCUT2D eigenvalue weighted by Crippen LogP contribution is 2.20. The SMILES string of the molecule is CC1C(=O)ON=C1C(CCN)C(=O)O. The molecule has 0 spiro atoms. The number of carboxylic acid groups (broad SMARTS) is 1. The van der Waals surface area contributed by atoms with Crippen molar-refractivity contribution in [3.05, 3.63) is 0 Å². The molecule has 0 amide bonds. The maximum absolute atomic E-state index is 11.0. The number of hydrogen-bond acceptors (Lipinski definition) is 5. The first kappa shape index (κ1) is 10.6. The molecule has 1 aliphatic rings. The van der Waals surface area contributed by atoms with Crippen molar-refractivity contribution in [2.24, 2.45) is 22.7 Å². The molecule has 1 aliphatic heterocycles. The van der Waals surface area contributed by atoms with E-state index in [1.807, 2.05) is 0 Å². The van der Waals surface area contributed by atoms with Gasteiger partial charge >= 0.3 is 11.9 Å². The van der Waals surface area contributed by atoms with Crippen molar-refractivity contribution < 1.29 is 19.5 Å². The van der Waals surface area contributed by atoms with Crippen LogP contribution in [0.25, 0.3) is 0 Å². The molecule has 2 unspecified atom stereocenters. The van der Waals surface area contributed by atoms with E-state index in [-0.39, 0.29) is 18.7 Å². The van der Waals surface area contributed by atoms with Crippen LogP contribution in [0, 0.1) is 11.8 Å². The van der Waals surface area contributed by atoms with E-state index in [1.54, 1.807) is 6.92 Å². The number of carboxylic acids is 1. The van der Waals surface area contributed by atoms with Gasteiger partial charge in [-0.2, -0.15) is 0 Å². The zero-order valence-corrected chi connectivity index (χ0v) is 7.77. The van der Waals surface area contributed by atoms with Gasteiger partial charge in [0.25, 0.3) is 0 Å². The summed E-state index contributed by atoms with van der Waals surface area (Å²) in [5, 5.41) is 12.3. The Hall–Kier alpha value is -1.43. The van der Waals surface area contributed by atoms with Crippen LogP contribution in [0.15, 0.2) is 5.16 Å². The van der Waals surface area contributed by atoms with Crippen LogP contribution in [0.3, 0.4) is 0 Å². The molecule has 0 aromatic rings. The van der Waals surface area contributed by atoms with Crippen molar-refractivity contribution >= 4 is 17.7 Å². The van der Waals surface area contributed by atoms with Gasteiger partial charge in [0.2, 0.25) is 0 Å². The van der Waals surface area contributed by atoms with Crippen molar-refractivity contribution in [2.45, 2.75) is 13.3 Å². The minimum Gasteiger partial charge on any atom is -0.481 e. The topological polar surface area (TPSA) is 102 Å². The number of rotatable bonds is 4. The van der Waals surface area contributed by atoms with Gasteiger partial charge in [-0.1, -0.05) is 5.16 Å². The van der Waals surface area contributed by atoms with E-state index < -0.39 is 23.8 Å². The molecule has 0 bridgehead atoms. The monoisotopic (exact) mass is 200 g/mol. The predicted molar refractivity (Wildman–Crippen MR) is 47.5 cm³/mol. The van der Waals surface area contributed by atoms with Crippen LogP contribution in [0.1, 0.15) is 13.3 Å². The number of oxime groups is 1. The molecule has 3 N–H and O–H groups in total. The van der Waals surface area contributed by atoms with Crippen LogP contribution in [-0.2, 0) is 14.4 Å². The quantitative estimate of drug-likeness (QED) is 0.600. The first-order valence-corrected chi connectivity index (χ1v) is 4.29. The molecule has 0 fully saturated rings. The van der Waals surface area contributed by atoms with E-state index in [0.29, 0.717) is 0 Å². The molecule has 0 aliphatic carbocycles. The summed E-state index contributed by atoms with van der Waals surface area (Å²) in [6, 6.07) is 0. The highest BCUT2D eigenvalue weighted by Gasteiger charge is 2.36. The van der Waals surface area contributed by atoms with Crippen molar-refractivity contribution in [3.63, 3.8) is 0 Å². The molecule has 6 heteroatoms. The molecule has 1 rings (SSSR count). The van der Waals surface area contributed by atoms with E-state index in [4.69, 9.17) is 10.8 Å².